The predicted molar refractivity (Wildman–Crippen MR) is 138 cm³/mol. The normalized spacial score (nSPS) is 29.4. The first-order valence-electron chi connectivity index (χ1n) is 13.9. The molecule has 38 heavy (non-hydrogen) atoms. The molecule has 1 aromatic carbocycles. The summed E-state index contributed by atoms with van der Waals surface area (Å²) in [6.45, 7) is -0.579. The standard InChI is InChI=1S/C28H37FN4O5/c29-14-20(30)16-9-11-17(12-10-16)27(35)33-21(13-19(24(33)25(31)34)15-5-2-1-3-6-15)18-7-4-8-22-23(18)32-26(38-22)28(36)37/h4,7-8,15-17,19-21,24H,1-3,5-6,9-14,30H2,(H2,31,34)(H,36,37)/t16?,17?,19-,20+,21?,24-/m0/s1. The molecule has 0 radical (unpaired) electrons. The van der Waals surface area contributed by atoms with E-state index in [1.54, 1.807) is 17.0 Å². The Hall–Kier alpha value is -3.01. The molecule has 1 aromatic heterocycles. The number of aromatic carboxylic acids is 1. The number of likely N-dealkylation sites (tertiary alicyclic amines) is 1. The summed E-state index contributed by atoms with van der Waals surface area (Å²) in [4.78, 5) is 44.7. The van der Waals surface area contributed by atoms with E-state index in [1.165, 1.54) is 0 Å². The number of fused-ring (bicyclic) bond motifs is 1. The molecule has 10 heteroatoms. The number of rotatable bonds is 7. The van der Waals surface area contributed by atoms with Gasteiger partial charge in [-0.2, -0.15) is 0 Å². The minimum Gasteiger partial charge on any atom is -0.474 e. The number of carboxylic acids is 1. The summed E-state index contributed by atoms with van der Waals surface area (Å²) < 4.78 is 18.6. The maximum Gasteiger partial charge on any atom is 0.392 e. The molecule has 2 heterocycles. The summed E-state index contributed by atoms with van der Waals surface area (Å²) in [6.07, 6.45) is 8.36. The molecule has 1 saturated heterocycles. The molecular formula is C28H37FN4O5. The smallest absolute Gasteiger partial charge is 0.392 e. The Morgan fingerprint density at radius 1 is 1.11 bits per heavy atom. The average molecular weight is 529 g/mol. The van der Waals surface area contributed by atoms with Crippen molar-refractivity contribution in [2.45, 2.75) is 82.3 Å². The Bertz CT molecular complexity index is 1190. The molecule has 0 bridgehead atoms. The minimum absolute atomic E-state index is 0.0404. The molecule has 5 N–H and O–H groups in total. The molecule has 9 nitrogen and oxygen atoms in total. The maximum absolute atomic E-state index is 14.2. The van der Waals surface area contributed by atoms with Gasteiger partial charge in [-0.25, -0.2) is 14.2 Å². The van der Waals surface area contributed by atoms with E-state index in [9.17, 15) is 23.9 Å². The number of hydrogen-bond donors (Lipinski definition) is 3. The van der Waals surface area contributed by atoms with Crippen LogP contribution in [0.15, 0.2) is 22.6 Å². The molecule has 3 fully saturated rings. The first kappa shape index (κ1) is 26.6. The Kier molecular flexibility index (Phi) is 7.70. The molecule has 2 saturated carbocycles. The molecule has 2 aliphatic carbocycles. The van der Waals surface area contributed by atoms with Gasteiger partial charge < -0.3 is 25.9 Å². The summed E-state index contributed by atoms with van der Waals surface area (Å²) in [5.41, 5.74) is 13.3. The molecule has 1 aliphatic heterocycles. The molecule has 206 valence electrons. The van der Waals surface area contributed by atoms with Gasteiger partial charge in [0.1, 0.15) is 18.2 Å². The number of aromatic nitrogens is 1. The monoisotopic (exact) mass is 528 g/mol. The number of amides is 2. The highest BCUT2D eigenvalue weighted by atomic mass is 19.1. The SMILES string of the molecule is NC(=O)[C@@H]1[C@H](C2CCCCC2)CC(c2cccc3oc(C(=O)O)nc23)N1C(=O)C1CCC([C@H](N)CF)CC1. The number of hydrogen-bond acceptors (Lipinski definition) is 6. The number of benzene rings is 1. The van der Waals surface area contributed by atoms with Gasteiger partial charge in [-0.15, -0.1) is 0 Å². The van der Waals surface area contributed by atoms with Crippen LogP contribution in [-0.2, 0) is 9.59 Å². The second-order valence-electron chi connectivity index (χ2n) is 11.4. The maximum atomic E-state index is 14.2. The van der Waals surface area contributed by atoms with Crippen LogP contribution in [-0.4, -0.2) is 51.5 Å². The van der Waals surface area contributed by atoms with Crippen LogP contribution in [0.4, 0.5) is 4.39 Å². The van der Waals surface area contributed by atoms with Crippen LogP contribution in [0, 0.1) is 23.7 Å². The van der Waals surface area contributed by atoms with Gasteiger partial charge in [0, 0.05) is 17.5 Å². The number of carbonyl (C=O) groups excluding carboxylic acids is 2. The molecule has 2 amide bonds. The lowest BCUT2D eigenvalue weighted by molar-refractivity contribution is -0.145. The second kappa shape index (κ2) is 11.0. The third kappa shape index (κ3) is 4.90. The Labute approximate surface area is 221 Å². The Morgan fingerprint density at radius 3 is 2.45 bits per heavy atom. The highest BCUT2D eigenvalue weighted by Gasteiger charge is 2.51. The lowest BCUT2D eigenvalue weighted by Crippen LogP contribution is -2.51. The number of primary amides is 1. The quantitative estimate of drug-likeness (QED) is 0.492. The summed E-state index contributed by atoms with van der Waals surface area (Å²) in [7, 11) is 0. The van der Waals surface area contributed by atoms with E-state index in [0.29, 0.717) is 48.8 Å². The van der Waals surface area contributed by atoms with Crippen LogP contribution in [0.5, 0.6) is 0 Å². The van der Waals surface area contributed by atoms with Crippen LogP contribution in [0.1, 0.15) is 86.5 Å². The van der Waals surface area contributed by atoms with Gasteiger partial charge in [-0.1, -0.05) is 44.2 Å². The van der Waals surface area contributed by atoms with Crippen LogP contribution < -0.4 is 11.5 Å². The highest BCUT2D eigenvalue weighted by molar-refractivity contribution is 5.91. The van der Waals surface area contributed by atoms with E-state index in [0.717, 1.165) is 32.1 Å². The van der Waals surface area contributed by atoms with Crippen LogP contribution in [0.2, 0.25) is 0 Å². The summed E-state index contributed by atoms with van der Waals surface area (Å²) in [5.74, 6) is -2.39. The largest absolute Gasteiger partial charge is 0.474 e. The summed E-state index contributed by atoms with van der Waals surface area (Å²) in [5, 5.41) is 9.44. The van der Waals surface area contributed by atoms with E-state index in [2.05, 4.69) is 4.98 Å². The Balaban J connectivity index is 1.52. The second-order valence-corrected chi connectivity index (χ2v) is 11.4. The molecular weight excluding hydrogens is 491 g/mol. The van der Waals surface area contributed by atoms with Gasteiger partial charge >= 0.3 is 11.9 Å². The predicted octanol–water partition coefficient (Wildman–Crippen LogP) is 3.95. The van der Waals surface area contributed by atoms with Crippen molar-refractivity contribution in [1.82, 2.24) is 9.88 Å². The number of oxazole rings is 1. The zero-order valence-electron chi connectivity index (χ0n) is 21.6. The van der Waals surface area contributed by atoms with Gasteiger partial charge in [-0.3, -0.25) is 9.59 Å². The van der Waals surface area contributed by atoms with E-state index in [4.69, 9.17) is 15.9 Å². The number of nitrogens with zero attached hydrogens (tertiary/aromatic N) is 2. The lowest BCUT2D eigenvalue weighted by Gasteiger charge is -2.37. The summed E-state index contributed by atoms with van der Waals surface area (Å²) in [6, 6.07) is 3.50. The van der Waals surface area contributed by atoms with Gasteiger partial charge in [-0.05, 0) is 55.9 Å². The topological polar surface area (TPSA) is 153 Å². The number of para-hydroxylation sites is 1. The van der Waals surface area contributed by atoms with Gasteiger partial charge in [0.05, 0.1) is 6.04 Å². The van der Waals surface area contributed by atoms with Gasteiger partial charge in [0.25, 0.3) is 0 Å². The van der Waals surface area contributed by atoms with E-state index < -0.39 is 42.6 Å². The average Bonchev–Trinajstić information content (AvgIpc) is 3.55. The first-order chi connectivity index (χ1) is 18.3. The molecule has 5 rings (SSSR count). The van der Waals surface area contributed by atoms with Crippen molar-refractivity contribution >= 4 is 28.9 Å². The Morgan fingerprint density at radius 2 is 1.82 bits per heavy atom. The molecule has 4 atom stereocenters. The van der Waals surface area contributed by atoms with Crippen molar-refractivity contribution < 1.29 is 28.3 Å². The number of halogens is 1. The van der Waals surface area contributed by atoms with E-state index >= 15 is 0 Å². The van der Waals surface area contributed by atoms with E-state index in [-0.39, 0.29) is 29.6 Å². The fourth-order valence-electron chi connectivity index (χ4n) is 7.29. The van der Waals surface area contributed by atoms with Gasteiger partial charge in [0.15, 0.2) is 5.58 Å². The summed E-state index contributed by atoms with van der Waals surface area (Å²) >= 11 is 0. The van der Waals surface area contributed by atoms with Crippen molar-refractivity contribution in [3.63, 3.8) is 0 Å². The van der Waals surface area contributed by atoms with Gasteiger partial charge in [0.2, 0.25) is 11.8 Å². The fraction of sp³-hybridized carbons (Fsp3) is 0.643. The van der Waals surface area contributed by atoms with Crippen molar-refractivity contribution in [3.8, 4) is 0 Å². The number of carbonyl (C=O) groups is 3. The zero-order chi connectivity index (χ0) is 27.0. The van der Waals surface area contributed by atoms with Crippen LogP contribution >= 0.6 is 0 Å². The minimum atomic E-state index is -1.27. The first-order valence-corrected chi connectivity index (χ1v) is 13.9. The van der Waals surface area contributed by atoms with Crippen LogP contribution in [0.25, 0.3) is 11.1 Å². The lowest BCUT2D eigenvalue weighted by atomic mass is 9.75. The molecule has 3 aliphatic rings. The number of alkyl halides is 1. The fourth-order valence-corrected chi connectivity index (χ4v) is 7.29. The third-order valence-electron chi connectivity index (χ3n) is 9.23. The van der Waals surface area contributed by atoms with Crippen molar-refractivity contribution in [1.29, 1.82) is 0 Å². The van der Waals surface area contributed by atoms with Crippen molar-refractivity contribution in [3.05, 3.63) is 29.7 Å². The molecule has 1 unspecified atom stereocenters. The third-order valence-corrected chi connectivity index (χ3v) is 9.23. The van der Waals surface area contributed by atoms with Crippen molar-refractivity contribution in [2.75, 3.05) is 6.67 Å². The van der Waals surface area contributed by atoms with Crippen LogP contribution in [0.3, 0.4) is 0 Å². The van der Waals surface area contributed by atoms with Crippen molar-refractivity contribution in [2.24, 2.45) is 35.1 Å². The molecule has 0 spiro atoms. The highest BCUT2D eigenvalue weighted by Crippen LogP contribution is 2.49. The van der Waals surface area contributed by atoms with E-state index in [1.807, 2.05) is 6.07 Å². The zero-order valence-corrected chi connectivity index (χ0v) is 21.6. The molecule has 2 aromatic rings. The number of carboxylic acid groups (broad SMARTS) is 1. The number of nitrogens with two attached hydrogens (primary N) is 2.